The maximum Gasteiger partial charge on any atom is 0.321 e. The minimum absolute atomic E-state index is 0.0259. The SMILES string of the molecule is Cc1nn(CC(C)C)c(C)c1CCC(=O)Nc1ccc(N2CCNC2=O)cc1. The van der Waals surface area contributed by atoms with Gasteiger partial charge in [-0.25, -0.2) is 4.79 Å². The number of carbonyl (C=O) groups is 2. The highest BCUT2D eigenvalue weighted by molar-refractivity contribution is 5.95. The van der Waals surface area contributed by atoms with Crippen LogP contribution in [-0.4, -0.2) is 34.8 Å². The van der Waals surface area contributed by atoms with Crippen LogP contribution in [0.1, 0.15) is 37.2 Å². The zero-order valence-electron chi connectivity index (χ0n) is 17.1. The molecule has 0 bridgehead atoms. The predicted octanol–water partition coefficient (Wildman–Crippen LogP) is 3.26. The number of amides is 3. The Morgan fingerprint density at radius 1 is 1.25 bits per heavy atom. The van der Waals surface area contributed by atoms with E-state index in [1.165, 1.54) is 0 Å². The lowest BCUT2D eigenvalue weighted by molar-refractivity contribution is -0.116. The third kappa shape index (κ3) is 4.52. The van der Waals surface area contributed by atoms with E-state index in [2.05, 4.69) is 36.5 Å². The molecule has 2 heterocycles. The lowest BCUT2D eigenvalue weighted by Gasteiger charge is -2.14. The first-order chi connectivity index (χ1) is 13.3. The number of hydrogen-bond donors (Lipinski definition) is 2. The molecule has 1 fully saturated rings. The summed E-state index contributed by atoms with van der Waals surface area (Å²) in [6.07, 6.45) is 1.08. The van der Waals surface area contributed by atoms with E-state index in [1.807, 2.05) is 35.9 Å². The van der Waals surface area contributed by atoms with Crippen LogP contribution in [-0.2, 0) is 17.8 Å². The van der Waals surface area contributed by atoms with Crippen LogP contribution in [0.25, 0.3) is 0 Å². The molecule has 3 amide bonds. The van der Waals surface area contributed by atoms with Crippen molar-refractivity contribution in [2.24, 2.45) is 5.92 Å². The number of hydrogen-bond acceptors (Lipinski definition) is 3. The van der Waals surface area contributed by atoms with E-state index in [4.69, 9.17) is 0 Å². The quantitative estimate of drug-likeness (QED) is 0.770. The highest BCUT2D eigenvalue weighted by Crippen LogP contribution is 2.20. The van der Waals surface area contributed by atoms with Crippen LogP contribution >= 0.6 is 0 Å². The van der Waals surface area contributed by atoms with Gasteiger partial charge in [0.05, 0.1) is 5.69 Å². The van der Waals surface area contributed by atoms with Gasteiger partial charge < -0.3 is 10.6 Å². The number of urea groups is 1. The molecular weight excluding hydrogens is 354 g/mol. The smallest absolute Gasteiger partial charge is 0.321 e. The highest BCUT2D eigenvalue weighted by Gasteiger charge is 2.21. The maximum atomic E-state index is 12.4. The molecule has 0 atom stereocenters. The fraction of sp³-hybridized carbons (Fsp3) is 0.476. The Bertz CT molecular complexity index is 854. The van der Waals surface area contributed by atoms with Crippen LogP contribution in [0.15, 0.2) is 24.3 Å². The van der Waals surface area contributed by atoms with E-state index in [9.17, 15) is 9.59 Å². The summed E-state index contributed by atoms with van der Waals surface area (Å²) in [6.45, 7) is 10.6. The van der Waals surface area contributed by atoms with E-state index < -0.39 is 0 Å². The summed E-state index contributed by atoms with van der Waals surface area (Å²) in [5.41, 5.74) is 4.87. The molecule has 2 N–H and O–H groups in total. The van der Waals surface area contributed by atoms with Gasteiger partial charge >= 0.3 is 6.03 Å². The lowest BCUT2D eigenvalue weighted by Crippen LogP contribution is -2.27. The summed E-state index contributed by atoms with van der Waals surface area (Å²) in [6, 6.07) is 7.28. The van der Waals surface area contributed by atoms with Crippen molar-refractivity contribution in [1.82, 2.24) is 15.1 Å². The van der Waals surface area contributed by atoms with Gasteiger partial charge in [0, 0.05) is 43.1 Å². The van der Waals surface area contributed by atoms with E-state index in [1.54, 1.807) is 4.90 Å². The van der Waals surface area contributed by atoms with Crippen LogP contribution in [0, 0.1) is 19.8 Å². The van der Waals surface area contributed by atoms with Crippen LogP contribution in [0.5, 0.6) is 0 Å². The molecule has 3 rings (SSSR count). The van der Waals surface area contributed by atoms with Crippen molar-refractivity contribution in [3.63, 3.8) is 0 Å². The Morgan fingerprint density at radius 2 is 1.96 bits per heavy atom. The van der Waals surface area contributed by atoms with Crippen LogP contribution in [0.4, 0.5) is 16.2 Å². The van der Waals surface area contributed by atoms with Crippen molar-refractivity contribution in [3.05, 3.63) is 41.2 Å². The minimum atomic E-state index is -0.0828. The molecule has 7 heteroatoms. The van der Waals surface area contributed by atoms with E-state index >= 15 is 0 Å². The number of rotatable bonds is 7. The van der Waals surface area contributed by atoms with Gasteiger partial charge in [-0.05, 0) is 56.0 Å². The molecule has 150 valence electrons. The van der Waals surface area contributed by atoms with Gasteiger partial charge in [0.25, 0.3) is 0 Å². The van der Waals surface area contributed by atoms with Gasteiger partial charge in [-0.15, -0.1) is 0 Å². The average molecular weight is 383 g/mol. The largest absolute Gasteiger partial charge is 0.336 e. The van der Waals surface area contributed by atoms with E-state index in [0.717, 1.165) is 34.9 Å². The van der Waals surface area contributed by atoms with Crippen molar-refractivity contribution in [2.75, 3.05) is 23.3 Å². The first-order valence-corrected chi connectivity index (χ1v) is 9.83. The van der Waals surface area contributed by atoms with Crippen molar-refractivity contribution in [3.8, 4) is 0 Å². The molecule has 1 saturated heterocycles. The van der Waals surface area contributed by atoms with Gasteiger partial charge in [0.1, 0.15) is 0 Å². The molecule has 1 aromatic heterocycles. The number of anilines is 2. The van der Waals surface area contributed by atoms with Crippen molar-refractivity contribution < 1.29 is 9.59 Å². The van der Waals surface area contributed by atoms with Crippen molar-refractivity contribution >= 4 is 23.3 Å². The molecule has 0 aliphatic carbocycles. The minimum Gasteiger partial charge on any atom is -0.336 e. The first kappa shape index (κ1) is 19.9. The number of nitrogens with one attached hydrogen (secondary N) is 2. The van der Waals surface area contributed by atoms with Crippen LogP contribution in [0.3, 0.4) is 0 Å². The maximum absolute atomic E-state index is 12.4. The van der Waals surface area contributed by atoms with Gasteiger partial charge in [-0.2, -0.15) is 5.10 Å². The number of aryl methyl sites for hydroxylation is 1. The summed E-state index contributed by atoms with van der Waals surface area (Å²) in [7, 11) is 0. The zero-order valence-corrected chi connectivity index (χ0v) is 17.1. The van der Waals surface area contributed by atoms with Crippen molar-refractivity contribution in [2.45, 2.75) is 47.1 Å². The first-order valence-electron chi connectivity index (χ1n) is 9.83. The summed E-state index contributed by atoms with van der Waals surface area (Å²) < 4.78 is 2.04. The molecule has 28 heavy (non-hydrogen) atoms. The Hall–Kier alpha value is -2.83. The summed E-state index contributed by atoms with van der Waals surface area (Å²) in [4.78, 5) is 25.8. The fourth-order valence-corrected chi connectivity index (χ4v) is 3.52. The zero-order chi connectivity index (χ0) is 20.3. The predicted molar refractivity (Wildman–Crippen MR) is 111 cm³/mol. The lowest BCUT2D eigenvalue weighted by atomic mass is 10.1. The summed E-state index contributed by atoms with van der Waals surface area (Å²) in [5, 5.41) is 10.3. The van der Waals surface area contributed by atoms with Crippen molar-refractivity contribution in [1.29, 1.82) is 0 Å². The Balaban J connectivity index is 1.56. The molecule has 1 aliphatic rings. The molecule has 0 unspecified atom stereocenters. The molecule has 0 saturated carbocycles. The standard InChI is InChI=1S/C21H29N5O2/c1-14(2)13-26-16(4)19(15(3)24-26)9-10-20(27)23-17-5-7-18(8-6-17)25-12-11-22-21(25)28/h5-8,14H,9-13H2,1-4H3,(H,22,28)(H,23,27). The molecule has 1 aromatic carbocycles. The highest BCUT2D eigenvalue weighted by atomic mass is 16.2. The van der Waals surface area contributed by atoms with Crippen LogP contribution < -0.4 is 15.5 Å². The van der Waals surface area contributed by atoms with E-state index in [-0.39, 0.29) is 11.9 Å². The number of carbonyl (C=O) groups excluding carboxylic acids is 2. The second-order valence-electron chi connectivity index (χ2n) is 7.70. The topological polar surface area (TPSA) is 79.3 Å². The van der Waals surface area contributed by atoms with Crippen LogP contribution in [0.2, 0.25) is 0 Å². The third-order valence-corrected chi connectivity index (χ3v) is 4.99. The van der Waals surface area contributed by atoms with Gasteiger partial charge in [-0.1, -0.05) is 13.8 Å². The summed E-state index contributed by atoms with van der Waals surface area (Å²) >= 11 is 0. The third-order valence-electron chi connectivity index (χ3n) is 4.99. The number of nitrogens with zero attached hydrogens (tertiary/aromatic N) is 3. The average Bonchev–Trinajstić information content (AvgIpc) is 3.17. The van der Waals surface area contributed by atoms with Gasteiger partial charge in [-0.3, -0.25) is 14.4 Å². The van der Waals surface area contributed by atoms with Gasteiger partial charge in [0.2, 0.25) is 5.91 Å². The molecule has 0 radical (unpaired) electrons. The second kappa shape index (κ2) is 8.46. The van der Waals surface area contributed by atoms with E-state index in [0.29, 0.717) is 31.8 Å². The number of benzene rings is 1. The molecule has 7 nitrogen and oxygen atoms in total. The fourth-order valence-electron chi connectivity index (χ4n) is 3.52. The molecule has 1 aliphatic heterocycles. The molecule has 0 spiro atoms. The normalized spacial score (nSPS) is 13.9. The second-order valence-corrected chi connectivity index (χ2v) is 7.70. The molecule has 2 aromatic rings. The number of aromatic nitrogens is 2. The molecular formula is C21H29N5O2. The monoisotopic (exact) mass is 383 g/mol. The Morgan fingerprint density at radius 3 is 2.57 bits per heavy atom. The van der Waals surface area contributed by atoms with Gasteiger partial charge in [0.15, 0.2) is 0 Å². The Labute approximate surface area is 166 Å². The summed E-state index contributed by atoms with van der Waals surface area (Å²) in [5.74, 6) is 0.505. The Kier molecular flexibility index (Phi) is 6.02.